The van der Waals surface area contributed by atoms with E-state index in [1.165, 1.54) is 10.9 Å². The van der Waals surface area contributed by atoms with Crippen molar-refractivity contribution in [2.24, 2.45) is 0 Å². The Labute approximate surface area is 130 Å². The van der Waals surface area contributed by atoms with Gasteiger partial charge in [-0.1, -0.05) is 25.5 Å². The second-order valence-electron chi connectivity index (χ2n) is 5.10. The molecule has 0 aliphatic rings. The van der Waals surface area contributed by atoms with Crippen molar-refractivity contribution in [3.8, 4) is 5.75 Å². The molecule has 0 bridgehead atoms. The quantitative estimate of drug-likeness (QED) is 0.769. The first-order chi connectivity index (χ1) is 10.2. The molecule has 0 saturated heterocycles. The van der Waals surface area contributed by atoms with Gasteiger partial charge in [0.1, 0.15) is 11.6 Å². The molecule has 2 nitrogen and oxygen atoms in total. The highest BCUT2D eigenvalue weighted by Gasteiger charge is 2.20. The molecule has 0 radical (unpaired) electrons. The zero-order valence-electron chi connectivity index (χ0n) is 12.7. The molecule has 0 saturated carbocycles. The minimum atomic E-state index is -0.226. The Hall–Kier alpha value is -1.39. The first-order valence-electron chi connectivity index (χ1n) is 7.29. The molecule has 0 amide bonds. The van der Waals surface area contributed by atoms with E-state index in [4.69, 9.17) is 4.74 Å². The fourth-order valence-electron chi connectivity index (χ4n) is 2.59. The number of thiophene rings is 1. The highest BCUT2D eigenvalue weighted by molar-refractivity contribution is 7.10. The molecule has 21 heavy (non-hydrogen) atoms. The zero-order chi connectivity index (χ0) is 15.2. The average Bonchev–Trinajstić information content (AvgIpc) is 3.00. The van der Waals surface area contributed by atoms with Gasteiger partial charge in [-0.25, -0.2) is 4.39 Å². The molecule has 1 N–H and O–H groups in total. The summed E-state index contributed by atoms with van der Waals surface area (Å²) in [6.45, 7) is 4.15. The Morgan fingerprint density at radius 2 is 2.10 bits per heavy atom. The van der Waals surface area contributed by atoms with Crippen molar-refractivity contribution in [3.05, 3.63) is 52.0 Å². The van der Waals surface area contributed by atoms with Crippen LogP contribution in [0.1, 0.15) is 49.2 Å². The van der Waals surface area contributed by atoms with E-state index in [9.17, 15) is 4.39 Å². The molecule has 1 aromatic heterocycles. The van der Waals surface area contributed by atoms with Crippen molar-refractivity contribution < 1.29 is 9.13 Å². The molecule has 1 aromatic carbocycles. The summed E-state index contributed by atoms with van der Waals surface area (Å²) in [6, 6.07) is 9.27. The Bertz CT molecular complexity index is 556. The van der Waals surface area contributed by atoms with Crippen LogP contribution in [0.15, 0.2) is 35.7 Å². The van der Waals surface area contributed by atoms with E-state index in [1.807, 2.05) is 6.92 Å². The van der Waals surface area contributed by atoms with Crippen molar-refractivity contribution >= 4 is 11.3 Å². The lowest BCUT2D eigenvalue weighted by Gasteiger charge is -2.24. The maximum absolute atomic E-state index is 14.1. The molecule has 0 fully saturated rings. The van der Waals surface area contributed by atoms with Gasteiger partial charge in [-0.3, -0.25) is 0 Å². The minimum Gasteiger partial charge on any atom is -0.496 e. The SMILES string of the molecule is CCCC(NC(C)c1c(F)cccc1OC)c1cccs1. The maximum atomic E-state index is 14.1. The van der Waals surface area contributed by atoms with E-state index < -0.39 is 0 Å². The Balaban J connectivity index is 2.21. The maximum Gasteiger partial charge on any atom is 0.131 e. The number of halogens is 1. The van der Waals surface area contributed by atoms with Crippen molar-refractivity contribution in [3.63, 3.8) is 0 Å². The topological polar surface area (TPSA) is 21.3 Å². The van der Waals surface area contributed by atoms with Gasteiger partial charge in [0, 0.05) is 22.5 Å². The van der Waals surface area contributed by atoms with Crippen LogP contribution in [0.5, 0.6) is 5.75 Å². The molecule has 2 aromatic rings. The summed E-state index contributed by atoms with van der Waals surface area (Å²) >= 11 is 1.73. The summed E-state index contributed by atoms with van der Waals surface area (Å²) in [5, 5.41) is 5.62. The van der Waals surface area contributed by atoms with Crippen LogP contribution in [-0.4, -0.2) is 7.11 Å². The van der Waals surface area contributed by atoms with E-state index in [0.29, 0.717) is 11.3 Å². The molecular formula is C17H22FNOS. The second kappa shape index (κ2) is 7.57. The van der Waals surface area contributed by atoms with Gasteiger partial charge in [-0.15, -0.1) is 11.3 Å². The minimum absolute atomic E-state index is 0.111. The lowest BCUT2D eigenvalue weighted by atomic mass is 10.0. The standard InChI is InChI=1S/C17H22FNOS/c1-4-7-14(16-10-6-11-21-16)19-12(2)17-13(18)8-5-9-15(17)20-3/h5-6,8-12,14,19H,4,7H2,1-3H3. The number of benzene rings is 1. The molecule has 4 heteroatoms. The van der Waals surface area contributed by atoms with Crippen LogP contribution < -0.4 is 10.1 Å². The van der Waals surface area contributed by atoms with E-state index in [0.717, 1.165) is 12.8 Å². The van der Waals surface area contributed by atoms with E-state index >= 15 is 0 Å². The molecular weight excluding hydrogens is 285 g/mol. The van der Waals surface area contributed by atoms with Crippen LogP contribution in [0, 0.1) is 5.82 Å². The summed E-state index contributed by atoms with van der Waals surface area (Å²) in [5.74, 6) is 0.368. The van der Waals surface area contributed by atoms with Gasteiger partial charge in [-0.05, 0) is 36.9 Å². The van der Waals surface area contributed by atoms with E-state index in [2.05, 4.69) is 29.8 Å². The molecule has 2 rings (SSSR count). The average molecular weight is 307 g/mol. The fourth-order valence-corrected chi connectivity index (χ4v) is 3.41. The summed E-state index contributed by atoms with van der Waals surface area (Å²) in [4.78, 5) is 1.29. The molecule has 1 heterocycles. The van der Waals surface area contributed by atoms with Gasteiger partial charge in [0.15, 0.2) is 0 Å². The third-order valence-electron chi connectivity index (χ3n) is 3.58. The van der Waals surface area contributed by atoms with Crippen LogP contribution in [0.2, 0.25) is 0 Å². The van der Waals surface area contributed by atoms with Crippen LogP contribution in [0.3, 0.4) is 0 Å². The number of methoxy groups -OCH3 is 1. The van der Waals surface area contributed by atoms with Crippen molar-refractivity contribution in [1.29, 1.82) is 0 Å². The van der Waals surface area contributed by atoms with Crippen molar-refractivity contribution in [2.45, 2.75) is 38.8 Å². The normalized spacial score (nSPS) is 13.9. The number of nitrogens with one attached hydrogen (secondary N) is 1. The van der Waals surface area contributed by atoms with Crippen LogP contribution in [-0.2, 0) is 0 Å². The first kappa shape index (κ1) is 16.0. The van der Waals surface area contributed by atoms with Crippen molar-refractivity contribution in [1.82, 2.24) is 5.32 Å². The van der Waals surface area contributed by atoms with Crippen molar-refractivity contribution in [2.75, 3.05) is 7.11 Å². The highest BCUT2D eigenvalue weighted by Crippen LogP contribution is 2.31. The summed E-state index contributed by atoms with van der Waals surface area (Å²) < 4.78 is 19.5. The van der Waals surface area contributed by atoms with Gasteiger partial charge in [0.2, 0.25) is 0 Å². The van der Waals surface area contributed by atoms with Gasteiger partial charge >= 0.3 is 0 Å². The smallest absolute Gasteiger partial charge is 0.131 e. The lowest BCUT2D eigenvalue weighted by Crippen LogP contribution is -2.25. The number of rotatable bonds is 7. The van der Waals surface area contributed by atoms with Gasteiger partial charge < -0.3 is 10.1 Å². The number of ether oxygens (including phenoxy) is 1. The molecule has 0 aliphatic heterocycles. The molecule has 0 aliphatic carbocycles. The van der Waals surface area contributed by atoms with Gasteiger partial charge in [0.05, 0.1) is 7.11 Å². The highest BCUT2D eigenvalue weighted by atomic mass is 32.1. The summed E-state index contributed by atoms with van der Waals surface area (Å²) in [6.07, 6.45) is 2.11. The van der Waals surface area contributed by atoms with Crippen LogP contribution in [0.4, 0.5) is 4.39 Å². The lowest BCUT2D eigenvalue weighted by molar-refractivity contribution is 0.380. The summed E-state index contributed by atoms with van der Waals surface area (Å²) in [7, 11) is 1.58. The fraction of sp³-hybridized carbons (Fsp3) is 0.412. The Morgan fingerprint density at radius 3 is 2.71 bits per heavy atom. The van der Waals surface area contributed by atoms with Gasteiger partial charge in [0.25, 0.3) is 0 Å². The van der Waals surface area contributed by atoms with Crippen LogP contribution >= 0.6 is 11.3 Å². The first-order valence-corrected chi connectivity index (χ1v) is 8.17. The zero-order valence-corrected chi connectivity index (χ0v) is 13.5. The van der Waals surface area contributed by atoms with E-state index in [1.54, 1.807) is 30.6 Å². The van der Waals surface area contributed by atoms with Crippen LogP contribution in [0.25, 0.3) is 0 Å². The Kier molecular flexibility index (Phi) is 5.76. The molecule has 2 atom stereocenters. The monoisotopic (exact) mass is 307 g/mol. The molecule has 0 spiro atoms. The predicted molar refractivity (Wildman–Crippen MR) is 86.5 cm³/mol. The second-order valence-corrected chi connectivity index (χ2v) is 6.08. The third kappa shape index (κ3) is 3.83. The number of hydrogen-bond acceptors (Lipinski definition) is 3. The largest absolute Gasteiger partial charge is 0.496 e. The van der Waals surface area contributed by atoms with Gasteiger partial charge in [-0.2, -0.15) is 0 Å². The third-order valence-corrected chi connectivity index (χ3v) is 4.57. The number of hydrogen-bond donors (Lipinski definition) is 1. The Morgan fingerprint density at radius 1 is 1.29 bits per heavy atom. The molecule has 2 unspecified atom stereocenters. The molecule has 114 valence electrons. The van der Waals surface area contributed by atoms with E-state index in [-0.39, 0.29) is 17.9 Å². The predicted octanol–water partition coefficient (Wildman–Crippen LogP) is 5.09. The summed E-state index contributed by atoms with van der Waals surface area (Å²) in [5.41, 5.74) is 0.595.